The molecule has 22 heavy (non-hydrogen) atoms. The minimum absolute atomic E-state index is 0.00705. The minimum atomic E-state index is -0.145. The summed E-state index contributed by atoms with van der Waals surface area (Å²) in [5.74, 6) is -0.0899. The number of carbonyl (C=O) groups excluding carboxylic acids is 1. The molecule has 3 N–H and O–H groups in total. The lowest BCUT2D eigenvalue weighted by Gasteiger charge is -2.15. The van der Waals surface area contributed by atoms with Crippen molar-refractivity contribution < 1.29 is 9.90 Å². The Kier molecular flexibility index (Phi) is 5.72. The third-order valence-electron chi connectivity index (χ3n) is 3.79. The first-order chi connectivity index (χ1) is 10.6. The Morgan fingerprint density at radius 3 is 2.86 bits per heavy atom. The predicted molar refractivity (Wildman–Crippen MR) is 86.8 cm³/mol. The number of hydrogen-bond donors (Lipinski definition) is 3. The molecule has 0 saturated heterocycles. The zero-order valence-electron chi connectivity index (χ0n) is 12.8. The van der Waals surface area contributed by atoms with Crippen molar-refractivity contribution in [2.24, 2.45) is 0 Å². The highest BCUT2D eigenvalue weighted by atomic mass is 16.3. The lowest BCUT2D eigenvalue weighted by Crippen LogP contribution is -2.35. The Morgan fingerprint density at radius 1 is 1.36 bits per heavy atom. The maximum atomic E-state index is 12.0. The van der Waals surface area contributed by atoms with E-state index in [0.717, 1.165) is 17.3 Å². The van der Waals surface area contributed by atoms with Gasteiger partial charge in [-0.05, 0) is 36.8 Å². The average molecular weight is 302 g/mol. The van der Waals surface area contributed by atoms with Gasteiger partial charge in [0.05, 0.1) is 0 Å². The number of para-hydroxylation sites is 1. The van der Waals surface area contributed by atoms with E-state index < -0.39 is 0 Å². The maximum Gasteiger partial charge on any atom is 0.251 e. The fourth-order valence-corrected chi connectivity index (χ4v) is 2.46. The van der Waals surface area contributed by atoms with E-state index in [1.165, 1.54) is 0 Å². The zero-order chi connectivity index (χ0) is 15.9. The number of H-pyrrole nitrogens is 1. The van der Waals surface area contributed by atoms with Gasteiger partial charge in [-0.25, -0.2) is 0 Å². The second kappa shape index (κ2) is 7.75. The number of aliphatic hydroxyl groups excluding tert-OH is 1. The molecule has 5 nitrogen and oxygen atoms in total. The van der Waals surface area contributed by atoms with Crippen molar-refractivity contribution in [1.29, 1.82) is 0 Å². The zero-order valence-corrected chi connectivity index (χ0v) is 12.8. The summed E-state index contributed by atoms with van der Waals surface area (Å²) in [5.41, 5.74) is 1.27. The highest BCUT2D eigenvalue weighted by Gasteiger charge is 2.11. The molecule has 0 aliphatic rings. The number of carbonyl (C=O) groups is 1. The van der Waals surface area contributed by atoms with Crippen LogP contribution in [0.1, 0.15) is 31.7 Å². The number of aliphatic hydroxyl groups is 1. The van der Waals surface area contributed by atoms with Gasteiger partial charge >= 0.3 is 0 Å². The average Bonchev–Trinajstić information content (AvgIpc) is 2.52. The molecule has 0 aliphatic carbocycles. The third kappa shape index (κ3) is 4.18. The number of aromatic nitrogens is 1. The van der Waals surface area contributed by atoms with Crippen LogP contribution in [0.15, 0.2) is 35.1 Å². The van der Waals surface area contributed by atoms with E-state index in [1.807, 2.05) is 37.3 Å². The van der Waals surface area contributed by atoms with Crippen LogP contribution in [0.5, 0.6) is 0 Å². The van der Waals surface area contributed by atoms with Crippen LogP contribution in [-0.4, -0.2) is 28.6 Å². The molecule has 0 bridgehead atoms. The van der Waals surface area contributed by atoms with Gasteiger partial charge in [0.25, 0.3) is 5.56 Å². The molecule has 1 atom stereocenters. The first kappa shape index (κ1) is 16.2. The SMILES string of the molecule is CCC(CCO)NC(=O)CCc1cc2ccccc2[nH]c1=O. The molecular formula is C17H22N2O3. The summed E-state index contributed by atoms with van der Waals surface area (Å²) in [6.07, 6.45) is 2.01. The number of nitrogens with one attached hydrogen (secondary N) is 2. The Labute approximate surface area is 129 Å². The fraction of sp³-hybridized carbons (Fsp3) is 0.412. The number of benzene rings is 1. The quantitative estimate of drug-likeness (QED) is 0.728. The van der Waals surface area contributed by atoms with Gasteiger partial charge < -0.3 is 15.4 Å². The Hall–Kier alpha value is -2.14. The number of amides is 1. The summed E-state index contributed by atoms with van der Waals surface area (Å²) in [6, 6.07) is 9.41. The first-order valence-corrected chi connectivity index (χ1v) is 7.65. The van der Waals surface area contributed by atoms with Crippen molar-refractivity contribution in [3.63, 3.8) is 0 Å². The third-order valence-corrected chi connectivity index (χ3v) is 3.79. The van der Waals surface area contributed by atoms with E-state index in [4.69, 9.17) is 5.11 Å². The van der Waals surface area contributed by atoms with Crippen LogP contribution in [0.25, 0.3) is 10.9 Å². The van der Waals surface area contributed by atoms with Gasteiger partial charge in [0.2, 0.25) is 5.91 Å². The second-order valence-corrected chi connectivity index (χ2v) is 5.40. The van der Waals surface area contributed by atoms with Crippen molar-refractivity contribution in [1.82, 2.24) is 10.3 Å². The molecule has 1 aromatic carbocycles. The predicted octanol–water partition coefficient (Wildman–Crippen LogP) is 1.74. The molecule has 1 heterocycles. The highest BCUT2D eigenvalue weighted by molar-refractivity contribution is 5.79. The number of aromatic amines is 1. The summed E-state index contributed by atoms with van der Waals surface area (Å²) < 4.78 is 0. The van der Waals surface area contributed by atoms with E-state index in [2.05, 4.69) is 10.3 Å². The Balaban J connectivity index is 2.00. The van der Waals surface area contributed by atoms with Crippen molar-refractivity contribution in [3.05, 3.63) is 46.2 Å². The number of pyridine rings is 1. The van der Waals surface area contributed by atoms with E-state index in [9.17, 15) is 9.59 Å². The van der Waals surface area contributed by atoms with E-state index in [-0.39, 0.29) is 30.5 Å². The second-order valence-electron chi connectivity index (χ2n) is 5.40. The lowest BCUT2D eigenvalue weighted by molar-refractivity contribution is -0.121. The standard InChI is InChI=1S/C17H22N2O3/c1-2-14(9-10-20)18-16(21)8-7-13-11-12-5-3-4-6-15(12)19-17(13)22/h3-6,11,14,20H,2,7-10H2,1H3,(H,18,21)(H,19,22). The molecule has 1 unspecified atom stereocenters. The van der Waals surface area contributed by atoms with Crippen LogP contribution in [0.2, 0.25) is 0 Å². The van der Waals surface area contributed by atoms with Gasteiger partial charge in [-0.15, -0.1) is 0 Å². The molecule has 0 spiro atoms. The van der Waals surface area contributed by atoms with Crippen molar-refractivity contribution >= 4 is 16.8 Å². The van der Waals surface area contributed by atoms with Crippen molar-refractivity contribution in [2.45, 2.75) is 38.6 Å². The largest absolute Gasteiger partial charge is 0.396 e. The molecule has 1 aromatic heterocycles. The number of hydrogen-bond acceptors (Lipinski definition) is 3. The maximum absolute atomic E-state index is 12.0. The van der Waals surface area contributed by atoms with E-state index in [1.54, 1.807) is 0 Å². The lowest BCUT2D eigenvalue weighted by atomic mass is 10.1. The fourth-order valence-electron chi connectivity index (χ4n) is 2.46. The number of aryl methyl sites for hydroxylation is 1. The molecule has 2 rings (SSSR count). The van der Waals surface area contributed by atoms with Crippen molar-refractivity contribution in [2.75, 3.05) is 6.61 Å². The van der Waals surface area contributed by atoms with E-state index >= 15 is 0 Å². The van der Waals surface area contributed by atoms with Crippen LogP contribution >= 0.6 is 0 Å². The van der Waals surface area contributed by atoms with Crippen LogP contribution in [0.3, 0.4) is 0 Å². The normalized spacial score (nSPS) is 12.3. The topological polar surface area (TPSA) is 82.2 Å². The van der Waals surface area contributed by atoms with Crippen LogP contribution in [-0.2, 0) is 11.2 Å². The molecule has 0 radical (unpaired) electrons. The van der Waals surface area contributed by atoms with Gasteiger partial charge in [0, 0.05) is 30.1 Å². The van der Waals surface area contributed by atoms with Crippen LogP contribution in [0, 0.1) is 0 Å². The van der Waals surface area contributed by atoms with Crippen LogP contribution in [0.4, 0.5) is 0 Å². The van der Waals surface area contributed by atoms with Gasteiger partial charge in [0.1, 0.15) is 0 Å². The van der Waals surface area contributed by atoms with Gasteiger partial charge in [-0.3, -0.25) is 9.59 Å². The Bertz CT molecular complexity index is 694. The first-order valence-electron chi connectivity index (χ1n) is 7.65. The minimum Gasteiger partial charge on any atom is -0.396 e. The summed E-state index contributed by atoms with van der Waals surface area (Å²) in [6.45, 7) is 2.03. The van der Waals surface area contributed by atoms with Gasteiger partial charge in [0.15, 0.2) is 0 Å². The smallest absolute Gasteiger partial charge is 0.251 e. The summed E-state index contributed by atoms with van der Waals surface area (Å²) in [7, 11) is 0. The molecule has 118 valence electrons. The monoisotopic (exact) mass is 302 g/mol. The van der Waals surface area contributed by atoms with Crippen LogP contribution < -0.4 is 10.9 Å². The highest BCUT2D eigenvalue weighted by Crippen LogP contribution is 2.11. The van der Waals surface area contributed by atoms with Crippen molar-refractivity contribution in [3.8, 4) is 0 Å². The molecular weight excluding hydrogens is 280 g/mol. The molecule has 0 aliphatic heterocycles. The van der Waals surface area contributed by atoms with Gasteiger partial charge in [-0.2, -0.15) is 0 Å². The molecule has 0 fully saturated rings. The molecule has 0 saturated carbocycles. The van der Waals surface area contributed by atoms with Gasteiger partial charge in [-0.1, -0.05) is 25.1 Å². The Morgan fingerprint density at radius 2 is 2.14 bits per heavy atom. The number of fused-ring (bicyclic) bond motifs is 1. The summed E-state index contributed by atoms with van der Waals surface area (Å²) in [4.78, 5) is 26.8. The molecule has 2 aromatic rings. The molecule has 5 heteroatoms. The summed E-state index contributed by atoms with van der Waals surface area (Å²) in [5, 5.41) is 12.8. The number of rotatable bonds is 7. The molecule has 1 amide bonds. The summed E-state index contributed by atoms with van der Waals surface area (Å²) >= 11 is 0. The van der Waals surface area contributed by atoms with E-state index in [0.29, 0.717) is 18.4 Å².